The third-order valence-electron chi connectivity index (χ3n) is 1.39. The highest BCUT2D eigenvalue weighted by atomic mass is 35.5. The van der Waals surface area contributed by atoms with Crippen molar-refractivity contribution in [1.82, 2.24) is 5.32 Å². The van der Waals surface area contributed by atoms with Gasteiger partial charge >= 0.3 is 11.9 Å². The summed E-state index contributed by atoms with van der Waals surface area (Å²) >= 11 is 5.57. The maximum atomic E-state index is 11.2. The number of alkyl halides is 1. The number of carboxylic acids is 1. The van der Waals surface area contributed by atoms with Gasteiger partial charge in [0.1, 0.15) is 5.60 Å². The summed E-state index contributed by atoms with van der Waals surface area (Å²) in [5.74, 6) is -1.79. The molecule has 0 saturated carbocycles. The number of carbonyl (C=O) groups is 2. The van der Waals surface area contributed by atoms with Gasteiger partial charge in [0.05, 0.1) is 6.54 Å². The zero-order valence-corrected chi connectivity index (χ0v) is 10.0. The highest BCUT2D eigenvalue weighted by molar-refractivity contribution is 6.33. The van der Waals surface area contributed by atoms with E-state index in [9.17, 15) is 9.59 Å². The van der Waals surface area contributed by atoms with Crippen molar-refractivity contribution in [1.29, 1.82) is 0 Å². The van der Waals surface area contributed by atoms with Gasteiger partial charge in [0, 0.05) is 0 Å². The molecule has 0 saturated heterocycles. The number of carbonyl (C=O) groups excluding carboxylic acids is 1. The molecule has 15 heavy (non-hydrogen) atoms. The number of rotatable bonds is 4. The van der Waals surface area contributed by atoms with Gasteiger partial charge in [-0.2, -0.15) is 0 Å². The summed E-state index contributed by atoms with van der Waals surface area (Å²) in [7, 11) is 0. The third kappa shape index (κ3) is 6.30. The van der Waals surface area contributed by atoms with Gasteiger partial charge in [0.15, 0.2) is 5.00 Å². The molecule has 0 amide bonds. The molecular formula is C9H16ClNO4. The minimum Gasteiger partial charge on any atom is -0.479 e. The van der Waals surface area contributed by atoms with E-state index in [4.69, 9.17) is 21.4 Å². The molecule has 5 nitrogen and oxygen atoms in total. The largest absolute Gasteiger partial charge is 0.479 e. The lowest BCUT2D eigenvalue weighted by Crippen LogP contribution is -2.47. The number of ether oxygens (including phenoxy) is 1. The number of aliphatic carboxylic acids is 1. The molecule has 0 aliphatic heterocycles. The Morgan fingerprint density at radius 3 is 2.13 bits per heavy atom. The van der Waals surface area contributed by atoms with Gasteiger partial charge in [-0.05, 0) is 27.7 Å². The Morgan fingerprint density at radius 1 is 1.33 bits per heavy atom. The van der Waals surface area contributed by atoms with Crippen LogP contribution in [0.1, 0.15) is 27.7 Å². The van der Waals surface area contributed by atoms with Crippen molar-refractivity contribution in [2.75, 3.05) is 6.54 Å². The molecule has 88 valence electrons. The van der Waals surface area contributed by atoms with E-state index in [1.54, 1.807) is 20.8 Å². The van der Waals surface area contributed by atoms with E-state index in [2.05, 4.69) is 5.32 Å². The molecule has 0 rings (SSSR count). The molecule has 0 aromatic rings. The van der Waals surface area contributed by atoms with Gasteiger partial charge < -0.3 is 9.84 Å². The highest BCUT2D eigenvalue weighted by Crippen LogP contribution is 2.10. The minimum atomic E-state index is -1.66. The Labute approximate surface area is 93.7 Å². The SMILES string of the molecule is CC(C)(C)OC(=O)CNC(C)(Cl)C(=O)O. The summed E-state index contributed by atoms with van der Waals surface area (Å²) in [5.41, 5.74) is -0.593. The van der Waals surface area contributed by atoms with Crippen molar-refractivity contribution in [2.24, 2.45) is 0 Å². The quantitative estimate of drug-likeness (QED) is 0.433. The Balaban J connectivity index is 4.07. The number of esters is 1. The average Bonchev–Trinajstić information content (AvgIpc) is 1.97. The van der Waals surface area contributed by atoms with Crippen LogP contribution in [-0.4, -0.2) is 34.2 Å². The molecular weight excluding hydrogens is 222 g/mol. The Morgan fingerprint density at radius 2 is 1.80 bits per heavy atom. The summed E-state index contributed by atoms with van der Waals surface area (Å²) in [5, 5.41) is 11.0. The number of hydrogen-bond acceptors (Lipinski definition) is 4. The first-order chi connectivity index (χ1) is 6.54. The second-order valence-electron chi connectivity index (χ2n) is 4.25. The van der Waals surface area contributed by atoms with Crippen LogP contribution in [-0.2, 0) is 14.3 Å². The molecule has 0 heterocycles. The fourth-order valence-electron chi connectivity index (χ4n) is 0.691. The molecule has 0 aromatic carbocycles. The number of hydrogen-bond donors (Lipinski definition) is 2. The monoisotopic (exact) mass is 237 g/mol. The van der Waals surface area contributed by atoms with Crippen LogP contribution in [0.5, 0.6) is 0 Å². The summed E-state index contributed by atoms with van der Waals surface area (Å²) in [6.07, 6.45) is 0. The molecule has 0 bridgehead atoms. The zero-order valence-electron chi connectivity index (χ0n) is 9.26. The molecule has 0 fully saturated rings. The normalized spacial score (nSPS) is 15.5. The van der Waals surface area contributed by atoms with Gasteiger partial charge in [-0.25, -0.2) is 4.79 Å². The summed E-state index contributed by atoms with van der Waals surface area (Å²) in [6.45, 7) is 6.18. The van der Waals surface area contributed by atoms with Crippen molar-refractivity contribution in [3.05, 3.63) is 0 Å². The molecule has 2 N–H and O–H groups in total. The lowest BCUT2D eigenvalue weighted by molar-refractivity contribution is -0.154. The highest BCUT2D eigenvalue weighted by Gasteiger charge is 2.30. The Bertz CT molecular complexity index is 257. The molecule has 6 heteroatoms. The Hall–Kier alpha value is -0.810. The van der Waals surface area contributed by atoms with Crippen molar-refractivity contribution in [3.63, 3.8) is 0 Å². The van der Waals surface area contributed by atoms with E-state index in [1.807, 2.05) is 0 Å². The predicted octanol–water partition coefficient (Wildman–Crippen LogP) is 0.957. The summed E-state index contributed by atoms with van der Waals surface area (Å²) in [4.78, 5) is 20.1. The number of halogens is 1. The van der Waals surface area contributed by atoms with Gasteiger partial charge in [-0.3, -0.25) is 10.1 Å². The van der Waals surface area contributed by atoms with Crippen LogP contribution in [0.4, 0.5) is 0 Å². The molecule has 0 spiro atoms. The van der Waals surface area contributed by atoms with Crippen LogP contribution in [0.3, 0.4) is 0 Å². The second kappa shape index (κ2) is 4.81. The van der Waals surface area contributed by atoms with E-state index in [0.29, 0.717) is 0 Å². The lowest BCUT2D eigenvalue weighted by atomic mass is 10.2. The lowest BCUT2D eigenvalue weighted by Gasteiger charge is -2.22. The number of nitrogens with one attached hydrogen (secondary N) is 1. The average molecular weight is 238 g/mol. The van der Waals surface area contributed by atoms with Crippen LogP contribution in [0.2, 0.25) is 0 Å². The smallest absolute Gasteiger partial charge is 0.339 e. The maximum Gasteiger partial charge on any atom is 0.339 e. The first-order valence-corrected chi connectivity index (χ1v) is 4.81. The maximum absolute atomic E-state index is 11.2. The van der Waals surface area contributed by atoms with Crippen LogP contribution in [0.15, 0.2) is 0 Å². The Kier molecular flexibility index (Phi) is 4.55. The molecule has 0 aromatic heterocycles. The molecule has 1 unspecified atom stereocenters. The van der Waals surface area contributed by atoms with Crippen molar-refractivity contribution in [2.45, 2.75) is 38.3 Å². The molecule has 0 aliphatic rings. The van der Waals surface area contributed by atoms with Gasteiger partial charge in [0.25, 0.3) is 0 Å². The standard InChI is InChI=1S/C9H16ClNO4/c1-8(2,3)15-6(12)5-11-9(4,10)7(13)14/h11H,5H2,1-4H3,(H,13,14). The van der Waals surface area contributed by atoms with Crippen molar-refractivity contribution >= 4 is 23.5 Å². The molecule has 0 radical (unpaired) electrons. The van der Waals surface area contributed by atoms with E-state index in [1.165, 1.54) is 6.92 Å². The van der Waals surface area contributed by atoms with Crippen LogP contribution >= 0.6 is 11.6 Å². The van der Waals surface area contributed by atoms with Gasteiger partial charge in [-0.1, -0.05) is 11.6 Å². The first-order valence-electron chi connectivity index (χ1n) is 4.44. The van der Waals surface area contributed by atoms with Crippen LogP contribution < -0.4 is 5.32 Å². The topological polar surface area (TPSA) is 75.6 Å². The zero-order chi connectivity index (χ0) is 12.3. The van der Waals surface area contributed by atoms with E-state index in [0.717, 1.165) is 0 Å². The predicted molar refractivity (Wildman–Crippen MR) is 55.7 cm³/mol. The fourth-order valence-corrected chi connectivity index (χ4v) is 0.758. The van der Waals surface area contributed by atoms with Gasteiger partial charge in [0.2, 0.25) is 0 Å². The third-order valence-corrected chi connectivity index (χ3v) is 1.68. The summed E-state index contributed by atoms with van der Waals surface area (Å²) < 4.78 is 4.96. The number of carboxylic acid groups (broad SMARTS) is 1. The van der Waals surface area contributed by atoms with Crippen LogP contribution in [0.25, 0.3) is 0 Å². The fraction of sp³-hybridized carbons (Fsp3) is 0.778. The van der Waals surface area contributed by atoms with E-state index in [-0.39, 0.29) is 6.54 Å². The molecule has 0 aliphatic carbocycles. The summed E-state index contributed by atoms with van der Waals surface area (Å²) in [6, 6.07) is 0. The van der Waals surface area contributed by atoms with Crippen LogP contribution in [0, 0.1) is 0 Å². The second-order valence-corrected chi connectivity index (χ2v) is 5.00. The first kappa shape index (κ1) is 14.2. The van der Waals surface area contributed by atoms with E-state index < -0.39 is 22.5 Å². The van der Waals surface area contributed by atoms with Gasteiger partial charge in [-0.15, -0.1) is 0 Å². The van der Waals surface area contributed by atoms with Crippen molar-refractivity contribution < 1.29 is 19.4 Å². The molecule has 1 atom stereocenters. The van der Waals surface area contributed by atoms with E-state index >= 15 is 0 Å². The minimum absolute atomic E-state index is 0.246. The van der Waals surface area contributed by atoms with Crippen molar-refractivity contribution in [3.8, 4) is 0 Å².